The van der Waals surface area contributed by atoms with Crippen molar-refractivity contribution in [2.45, 2.75) is 18.9 Å². The number of aromatic nitrogens is 2. The smallest absolute Gasteiger partial charge is 0.293 e. The highest BCUT2D eigenvalue weighted by Crippen LogP contribution is 2.32. The number of ether oxygens (including phenoxy) is 1. The lowest BCUT2D eigenvalue weighted by molar-refractivity contribution is 0.0997. The van der Waals surface area contributed by atoms with Crippen LogP contribution in [0.1, 0.15) is 34.5 Å². The molecule has 3 heterocycles. The molecule has 1 N–H and O–H groups in total. The summed E-state index contributed by atoms with van der Waals surface area (Å²) >= 11 is 1.28. The maximum atomic E-state index is 13.8. The fraction of sp³-hybridized carbons (Fsp3) is 0.235. The van der Waals surface area contributed by atoms with Gasteiger partial charge in [0, 0.05) is 6.61 Å². The van der Waals surface area contributed by atoms with E-state index < -0.39 is 11.7 Å². The van der Waals surface area contributed by atoms with Gasteiger partial charge < -0.3 is 9.15 Å². The summed E-state index contributed by atoms with van der Waals surface area (Å²) in [4.78, 5) is 12.3. The molecule has 0 radical (unpaired) electrons. The molecule has 1 saturated heterocycles. The Kier molecular flexibility index (Phi) is 4.29. The molecule has 3 aromatic rings. The van der Waals surface area contributed by atoms with E-state index >= 15 is 0 Å². The number of amides is 1. The van der Waals surface area contributed by atoms with Gasteiger partial charge in [0.15, 0.2) is 5.76 Å². The zero-order chi connectivity index (χ0) is 17.2. The molecule has 1 aromatic carbocycles. The van der Waals surface area contributed by atoms with Crippen LogP contribution >= 0.6 is 11.3 Å². The van der Waals surface area contributed by atoms with Gasteiger partial charge in [-0.3, -0.25) is 10.1 Å². The number of rotatable bonds is 4. The van der Waals surface area contributed by atoms with Crippen LogP contribution in [-0.4, -0.2) is 22.7 Å². The second-order valence-electron chi connectivity index (χ2n) is 5.54. The van der Waals surface area contributed by atoms with Crippen LogP contribution in [-0.2, 0) is 4.74 Å². The van der Waals surface area contributed by atoms with Gasteiger partial charge >= 0.3 is 0 Å². The molecule has 1 aliphatic heterocycles. The molecular weight excluding hydrogens is 345 g/mol. The van der Waals surface area contributed by atoms with Crippen molar-refractivity contribution >= 4 is 22.4 Å². The lowest BCUT2D eigenvalue weighted by Gasteiger charge is -2.02. The summed E-state index contributed by atoms with van der Waals surface area (Å²) in [7, 11) is 0. The topological polar surface area (TPSA) is 77.2 Å². The predicted molar refractivity (Wildman–Crippen MR) is 89.9 cm³/mol. The van der Waals surface area contributed by atoms with Gasteiger partial charge in [-0.25, -0.2) is 4.39 Å². The van der Waals surface area contributed by atoms with Crippen molar-refractivity contribution in [3.63, 3.8) is 0 Å². The highest BCUT2D eigenvalue weighted by Gasteiger charge is 2.23. The number of nitrogens with one attached hydrogen (secondary N) is 1. The summed E-state index contributed by atoms with van der Waals surface area (Å²) in [6.45, 7) is 0.719. The first-order chi connectivity index (χ1) is 12.2. The molecule has 2 aromatic heterocycles. The zero-order valence-corrected chi connectivity index (χ0v) is 13.9. The predicted octanol–water partition coefficient (Wildman–Crippen LogP) is 4.04. The van der Waals surface area contributed by atoms with E-state index in [4.69, 9.17) is 9.15 Å². The number of nitrogens with zero attached hydrogens (tertiary/aromatic N) is 2. The molecule has 1 fully saturated rings. The molecule has 8 heteroatoms. The molecule has 0 spiro atoms. The first-order valence-electron chi connectivity index (χ1n) is 7.82. The summed E-state index contributed by atoms with van der Waals surface area (Å²) in [6.07, 6.45) is 1.86. The van der Waals surface area contributed by atoms with Gasteiger partial charge in [0.2, 0.25) is 5.13 Å². The number of hydrogen-bond donors (Lipinski definition) is 1. The minimum atomic E-state index is -0.461. The van der Waals surface area contributed by atoms with Crippen molar-refractivity contribution in [2.24, 2.45) is 0 Å². The SMILES string of the molecule is O=C(Nc1nnc(C2CCCO2)s1)c1ccc(-c2ccccc2F)o1. The first-order valence-corrected chi connectivity index (χ1v) is 8.63. The third-order valence-corrected chi connectivity index (χ3v) is 4.77. The Labute approximate surface area is 146 Å². The van der Waals surface area contributed by atoms with Crippen molar-refractivity contribution in [1.29, 1.82) is 0 Å². The number of hydrogen-bond acceptors (Lipinski definition) is 6. The van der Waals surface area contributed by atoms with Crippen LogP contribution < -0.4 is 5.32 Å². The van der Waals surface area contributed by atoms with Gasteiger partial charge in [0.1, 0.15) is 22.7 Å². The van der Waals surface area contributed by atoms with Crippen LogP contribution in [0.4, 0.5) is 9.52 Å². The Morgan fingerprint density at radius 3 is 2.92 bits per heavy atom. The van der Waals surface area contributed by atoms with Crippen LogP contribution in [0.15, 0.2) is 40.8 Å². The van der Waals surface area contributed by atoms with E-state index in [1.165, 1.54) is 23.5 Å². The minimum absolute atomic E-state index is 0.0422. The Balaban J connectivity index is 1.48. The average Bonchev–Trinajstić information content (AvgIpc) is 3.36. The van der Waals surface area contributed by atoms with E-state index in [9.17, 15) is 9.18 Å². The van der Waals surface area contributed by atoms with Crippen LogP contribution in [0.25, 0.3) is 11.3 Å². The van der Waals surface area contributed by atoms with Crippen molar-refractivity contribution in [3.05, 3.63) is 53.0 Å². The van der Waals surface area contributed by atoms with Crippen LogP contribution in [0.2, 0.25) is 0 Å². The molecule has 1 unspecified atom stereocenters. The van der Waals surface area contributed by atoms with Crippen LogP contribution in [0.5, 0.6) is 0 Å². The normalized spacial score (nSPS) is 16.9. The standard InChI is InChI=1S/C17H14FN3O3S/c18-11-5-2-1-4-10(11)12-7-8-13(24-12)15(22)19-17-21-20-16(25-17)14-6-3-9-23-14/h1-2,4-5,7-8,14H,3,6,9H2,(H,19,21,22). The monoisotopic (exact) mass is 359 g/mol. The summed E-state index contributed by atoms with van der Waals surface area (Å²) in [5.41, 5.74) is 0.304. The molecular formula is C17H14FN3O3S. The Morgan fingerprint density at radius 2 is 2.12 bits per heavy atom. The summed E-state index contributed by atoms with van der Waals surface area (Å²) in [5, 5.41) is 11.8. The lowest BCUT2D eigenvalue weighted by Crippen LogP contribution is -2.10. The number of benzene rings is 1. The molecule has 1 atom stereocenters. The van der Waals surface area contributed by atoms with Crippen molar-refractivity contribution in [1.82, 2.24) is 10.2 Å². The zero-order valence-electron chi connectivity index (χ0n) is 13.1. The largest absolute Gasteiger partial charge is 0.451 e. The molecule has 6 nitrogen and oxygen atoms in total. The van der Waals surface area contributed by atoms with E-state index in [1.54, 1.807) is 24.3 Å². The Bertz CT molecular complexity index is 902. The number of carbonyl (C=O) groups excluding carboxylic acids is 1. The molecule has 1 aliphatic rings. The number of halogens is 1. The van der Waals surface area contributed by atoms with Gasteiger partial charge in [-0.2, -0.15) is 0 Å². The molecule has 0 aliphatic carbocycles. The van der Waals surface area contributed by atoms with Crippen LogP contribution in [0.3, 0.4) is 0 Å². The Hall–Kier alpha value is -2.58. The summed E-state index contributed by atoms with van der Waals surface area (Å²) in [5.74, 6) is -0.501. The Morgan fingerprint density at radius 1 is 1.24 bits per heavy atom. The number of anilines is 1. The average molecular weight is 359 g/mol. The molecule has 25 heavy (non-hydrogen) atoms. The van der Waals surface area contributed by atoms with Gasteiger partial charge in [-0.15, -0.1) is 10.2 Å². The van der Waals surface area contributed by atoms with E-state index in [2.05, 4.69) is 15.5 Å². The van der Waals surface area contributed by atoms with Gasteiger partial charge in [0.25, 0.3) is 5.91 Å². The van der Waals surface area contributed by atoms with Gasteiger partial charge in [-0.05, 0) is 37.1 Å². The maximum Gasteiger partial charge on any atom is 0.293 e. The molecule has 0 bridgehead atoms. The number of furan rings is 1. The maximum absolute atomic E-state index is 13.8. The van der Waals surface area contributed by atoms with Gasteiger partial charge in [0.05, 0.1) is 5.56 Å². The van der Waals surface area contributed by atoms with Crippen LogP contribution in [0, 0.1) is 5.82 Å². The highest BCUT2D eigenvalue weighted by molar-refractivity contribution is 7.15. The quantitative estimate of drug-likeness (QED) is 0.761. The third kappa shape index (κ3) is 3.31. The highest BCUT2D eigenvalue weighted by atomic mass is 32.1. The molecule has 128 valence electrons. The van der Waals surface area contributed by atoms with Crippen molar-refractivity contribution < 1.29 is 18.3 Å². The molecule has 4 rings (SSSR count). The second kappa shape index (κ2) is 6.73. The second-order valence-corrected chi connectivity index (χ2v) is 6.55. The van der Waals surface area contributed by atoms with Crippen molar-refractivity contribution in [3.8, 4) is 11.3 Å². The van der Waals surface area contributed by atoms with E-state index in [0.717, 1.165) is 24.5 Å². The fourth-order valence-electron chi connectivity index (χ4n) is 2.61. The first kappa shape index (κ1) is 15.9. The summed E-state index contributed by atoms with van der Waals surface area (Å²) in [6, 6.07) is 9.29. The number of carbonyl (C=O) groups is 1. The minimum Gasteiger partial charge on any atom is -0.451 e. The van der Waals surface area contributed by atoms with E-state index in [-0.39, 0.29) is 11.9 Å². The molecule has 1 amide bonds. The van der Waals surface area contributed by atoms with E-state index in [0.29, 0.717) is 16.5 Å². The lowest BCUT2D eigenvalue weighted by atomic mass is 10.1. The fourth-order valence-corrected chi connectivity index (χ4v) is 3.43. The van der Waals surface area contributed by atoms with E-state index in [1.807, 2.05) is 0 Å². The van der Waals surface area contributed by atoms with Crippen molar-refractivity contribution in [2.75, 3.05) is 11.9 Å². The summed E-state index contributed by atoms with van der Waals surface area (Å²) < 4.78 is 24.8. The third-order valence-electron chi connectivity index (χ3n) is 3.84. The van der Waals surface area contributed by atoms with Gasteiger partial charge in [-0.1, -0.05) is 23.5 Å². The molecule has 0 saturated carbocycles.